The predicted molar refractivity (Wildman–Crippen MR) is 68.0 cm³/mol. The molecule has 5 heteroatoms. The van der Waals surface area contributed by atoms with E-state index >= 15 is 0 Å². The Labute approximate surface area is 108 Å². The van der Waals surface area contributed by atoms with Crippen LogP contribution in [0.15, 0.2) is 38.0 Å². The molecule has 0 bridgehead atoms. The van der Waals surface area contributed by atoms with E-state index in [0.717, 1.165) is 14.5 Å². The first-order chi connectivity index (χ1) is 7.18. The highest BCUT2D eigenvalue weighted by atomic mass is 79.9. The molecule has 0 aliphatic rings. The monoisotopic (exact) mass is 347 g/mol. The van der Waals surface area contributed by atoms with Gasteiger partial charge < -0.3 is 5.11 Å². The number of hydrogen-bond acceptors (Lipinski definition) is 3. The van der Waals surface area contributed by atoms with Gasteiger partial charge in [-0.25, -0.2) is 0 Å². The Balaban J connectivity index is 2.38. The zero-order valence-electron chi connectivity index (χ0n) is 7.52. The van der Waals surface area contributed by atoms with Gasteiger partial charge in [0.1, 0.15) is 6.10 Å². The summed E-state index contributed by atoms with van der Waals surface area (Å²) in [6.07, 6.45) is 1.01. The quantitative estimate of drug-likeness (QED) is 0.896. The van der Waals surface area contributed by atoms with Crippen molar-refractivity contribution in [2.75, 3.05) is 0 Å². The van der Waals surface area contributed by atoms with Crippen molar-refractivity contribution in [2.45, 2.75) is 6.10 Å². The van der Waals surface area contributed by atoms with Crippen molar-refractivity contribution in [3.63, 3.8) is 0 Å². The van der Waals surface area contributed by atoms with Crippen LogP contribution < -0.4 is 0 Å². The SMILES string of the molecule is OC(c1ccsc1)c1ncc(Br)cc1Br. The smallest absolute Gasteiger partial charge is 0.123 e. The van der Waals surface area contributed by atoms with Crippen LogP contribution in [-0.4, -0.2) is 10.1 Å². The van der Waals surface area contributed by atoms with Gasteiger partial charge in [0, 0.05) is 15.1 Å². The van der Waals surface area contributed by atoms with Gasteiger partial charge in [0.25, 0.3) is 0 Å². The van der Waals surface area contributed by atoms with Gasteiger partial charge in [0.05, 0.1) is 5.69 Å². The Bertz CT molecular complexity index is 458. The zero-order chi connectivity index (χ0) is 10.8. The highest BCUT2D eigenvalue weighted by Crippen LogP contribution is 2.29. The van der Waals surface area contributed by atoms with Crippen LogP contribution in [0.25, 0.3) is 0 Å². The zero-order valence-corrected chi connectivity index (χ0v) is 11.5. The fourth-order valence-corrected chi connectivity index (χ4v) is 3.10. The molecule has 0 fully saturated rings. The van der Waals surface area contributed by atoms with Crippen LogP contribution >= 0.6 is 43.2 Å². The van der Waals surface area contributed by atoms with E-state index in [2.05, 4.69) is 36.8 Å². The Hall–Kier alpha value is -0.230. The van der Waals surface area contributed by atoms with Crippen molar-refractivity contribution in [1.29, 1.82) is 0 Å². The molecule has 78 valence electrons. The maximum atomic E-state index is 10.1. The van der Waals surface area contributed by atoms with Gasteiger partial charge in [-0.1, -0.05) is 0 Å². The van der Waals surface area contributed by atoms with Crippen LogP contribution in [0.1, 0.15) is 17.4 Å². The predicted octanol–water partition coefficient (Wildman–Crippen LogP) is 3.75. The Morgan fingerprint density at radius 3 is 2.80 bits per heavy atom. The number of halogens is 2. The van der Waals surface area contributed by atoms with Gasteiger partial charge in [-0.05, 0) is 60.3 Å². The molecule has 1 N–H and O–H groups in total. The summed E-state index contributed by atoms with van der Waals surface area (Å²) in [7, 11) is 0. The highest BCUT2D eigenvalue weighted by Gasteiger charge is 2.15. The summed E-state index contributed by atoms with van der Waals surface area (Å²) >= 11 is 8.27. The van der Waals surface area contributed by atoms with E-state index < -0.39 is 6.10 Å². The lowest BCUT2D eigenvalue weighted by Gasteiger charge is -2.10. The van der Waals surface area contributed by atoms with Gasteiger partial charge in [0.2, 0.25) is 0 Å². The standard InChI is InChI=1S/C10H7Br2NOS/c11-7-3-8(12)9(13-4-7)10(14)6-1-2-15-5-6/h1-5,10,14H. The third-order valence-electron chi connectivity index (χ3n) is 1.95. The van der Waals surface area contributed by atoms with Gasteiger partial charge in [0.15, 0.2) is 0 Å². The van der Waals surface area contributed by atoms with Gasteiger partial charge in [-0.15, -0.1) is 0 Å². The molecule has 0 aliphatic heterocycles. The average molecular weight is 349 g/mol. The molecule has 0 amide bonds. The normalized spacial score (nSPS) is 12.7. The van der Waals surface area contributed by atoms with Crippen molar-refractivity contribution >= 4 is 43.2 Å². The first kappa shape index (κ1) is 11.3. The number of hydrogen-bond donors (Lipinski definition) is 1. The van der Waals surface area contributed by atoms with Crippen molar-refractivity contribution < 1.29 is 5.11 Å². The summed E-state index contributed by atoms with van der Waals surface area (Å²) in [6, 6.07) is 3.77. The molecule has 2 aromatic heterocycles. The number of pyridine rings is 1. The van der Waals surface area contributed by atoms with Crippen molar-refractivity contribution in [3.8, 4) is 0 Å². The fourth-order valence-electron chi connectivity index (χ4n) is 1.21. The molecule has 15 heavy (non-hydrogen) atoms. The second kappa shape index (κ2) is 4.74. The second-order valence-electron chi connectivity index (χ2n) is 2.98. The maximum Gasteiger partial charge on any atom is 0.123 e. The average Bonchev–Trinajstić information content (AvgIpc) is 2.69. The van der Waals surface area contributed by atoms with Crippen molar-refractivity contribution in [1.82, 2.24) is 4.98 Å². The first-order valence-electron chi connectivity index (χ1n) is 4.19. The summed E-state index contributed by atoms with van der Waals surface area (Å²) in [4.78, 5) is 4.19. The summed E-state index contributed by atoms with van der Waals surface area (Å²) in [6.45, 7) is 0. The minimum absolute atomic E-state index is 0.636. The molecule has 0 aliphatic carbocycles. The van der Waals surface area contributed by atoms with Gasteiger partial charge >= 0.3 is 0 Å². The molecular weight excluding hydrogens is 342 g/mol. The van der Waals surface area contributed by atoms with Gasteiger partial charge in [-0.2, -0.15) is 11.3 Å². The van der Waals surface area contributed by atoms with E-state index in [-0.39, 0.29) is 0 Å². The van der Waals surface area contributed by atoms with E-state index in [9.17, 15) is 5.11 Å². The van der Waals surface area contributed by atoms with Crippen LogP contribution in [0.3, 0.4) is 0 Å². The molecule has 0 aromatic carbocycles. The summed E-state index contributed by atoms with van der Waals surface area (Å²) in [5, 5.41) is 13.9. The molecule has 2 nitrogen and oxygen atoms in total. The molecule has 1 unspecified atom stereocenters. The number of rotatable bonds is 2. The molecule has 2 aromatic rings. The minimum Gasteiger partial charge on any atom is -0.382 e. The molecule has 2 heterocycles. The topological polar surface area (TPSA) is 33.1 Å². The van der Waals surface area contributed by atoms with E-state index in [1.165, 1.54) is 0 Å². The Kier molecular flexibility index (Phi) is 3.56. The highest BCUT2D eigenvalue weighted by molar-refractivity contribution is 9.11. The van der Waals surface area contributed by atoms with E-state index in [1.54, 1.807) is 17.5 Å². The van der Waals surface area contributed by atoms with E-state index in [1.807, 2.05) is 22.9 Å². The molecule has 0 radical (unpaired) electrons. The summed E-state index contributed by atoms with van der Waals surface area (Å²) in [5.74, 6) is 0. The molecule has 1 atom stereocenters. The third kappa shape index (κ3) is 2.47. The second-order valence-corrected chi connectivity index (χ2v) is 5.53. The van der Waals surface area contributed by atoms with Crippen molar-refractivity contribution in [2.24, 2.45) is 0 Å². The van der Waals surface area contributed by atoms with Crippen LogP contribution in [-0.2, 0) is 0 Å². The fraction of sp³-hybridized carbons (Fsp3) is 0.100. The molecular formula is C10H7Br2NOS. The lowest BCUT2D eigenvalue weighted by molar-refractivity contribution is 0.215. The van der Waals surface area contributed by atoms with Crippen LogP contribution in [0.5, 0.6) is 0 Å². The van der Waals surface area contributed by atoms with Crippen LogP contribution in [0.4, 0.5) is 0 Å². The number of thiophene rings is 1. The number of nitrogens with zero attached hydrogens (tertiary/aromatic N) is 1. The van der Waals surface area contributed by atoms with Crippen LogP contribution in [0.2, 0.25) is 0 Å². The maximum absolute atomic E-state index is 10.1. The van der Waals surface area contributed by atoms with E-state index in [0.29, 0.717) is 5.69 Å². The first-order valence-corrected chi connectivity index (χ1v) is 6.72. The minimum atomic E-state index is -0.668. The Morgan fingerprint density at radius 2 is 2.20 bits per heavy atom. The molecule has 0 saturated heterocycles. The number of aromatic nitrogens is 1. The number of aliphatic hydroxyl groups is 1. The van der Waals surface area contributed by atoms with Crippen LogP contribution in [0, 0.1) is 0 Å². The summed E-state index contributed by atoms with van der Waals surface area (Å²) in [5.41, 5.74) is 1.51. The van der Waals surface area contributed by atoms with E-state index in [4.69, 9.17) is 0 Å². The Morgan fingerprint density at radius 1 is 1.40 bits per heavy atom. The lowest BCUT2D eigenvalue weighted by Crippen LogP contribution is -2.01. The summed E-state index contributed by atoms with van der Waals surface area (Å²) < 4.78 is 1.69. The largest absolute Gasteiger partial charge is 0.382 e. The molecule has 0 spiro atoms. The number of aliphatic hydroxyl groups excluding tert-OH is 1. The van der Waals surface area contributed by atoms with Crippen molar-refractivity contribution in [3.05, 3.63) is 49.3 Å². The van der Waals surface area contributed by atoms with Gasteiger partial charge in [-0.3, -0.25) is 4.98 Å². The molecule has 0 saturated carbocycles. The molecule has 2 rings (SSSR count). The third-order valence-corrected chi connectivity index (χ3v) is 3.72. The lowest BCUT2D eigenvalue weighted by atomic mass is 10.1.